The van der Waals surface area contributed by atoms with Gasteiger partial charge in [-0.3, -0.25) is 10.1 Å². The minimum atomic E-state index is -0.518. The van der Waals surface area contributed by atoms with Crippen LogP contribution in [0.1, 0.15) is 5.56 Å². The maximum Gasteiger partial charge on any atom is 0.323 e. The van der Waals surface area contributed by atoms with Crippen molar-refractivity contribution in [1.29, 1.82) is 0 Å². The highest BCUT2D eigenvalue weighted by molar-refractivity contribution is 9.08. The number of hydrogen-bond acceptors (Lipinski definition) is 4. The predicted octanol–water partition coefficient (Wildman–Crippen LogP) is 5.93. The summed E-state index contributed by atoms with van der Waals surface area (Å²) in [7, 11) is 0. The van der Waals surface area contributed by atoms with Gasteiger partial charge in [0.05, 0.1) is 4.92 Å². The summed E-state index contributed by atoms with van der Waals surface area (Å²) in [5.41, 5.74) is 1.83. The fourth-order valence-electron chi connectivity index (χ4n) is 2.44. The monoisotopic (exact) mass is 441 g/mol. The molecule has 0 fully saturated rings. The average Bonchev–Trinajstić information content (AvgIpc) is 2.70. The summed E-state index contributed by atoms with van der Waals surface area (Å²) in [6.07, 6.45) is 0. The Bertz CT molecular complexity index is 993. The molecule has 0 heterocycles. The number of nitrogens with one attached hydrogen (secondary N) is 2. The summed E-state index contributed by atoms with van der Waals surface area (Å²) in [4.78, 5) is 22.4. The van der Waals surface area contributed by atoms with Crippen LogP contribution in [0.5, 0.6) is 11.5 Å². The predicted molar refractivity (Wildman–Crippen MR) is 111 cm³/mol. The van der Waals surface area contributed by atoms with Gasteiger partial charge in [-0.15, -0.1) is 0 Å². The summed E-state index contributed by atoms with van der Waals surface area (Å²) in [6.45, 7) is 0. The highest BCUT2D eigenvalue weighted by Gasteiger charge is 2.09. The Hall–Kier alpha value is -3.39. The summed E-state index contributed by atoms with van der Waals surface area (Å²) in [6, 6.07) is 19.8. The molecule has 0 radical (unpaired) electrons. The van der Waals surface area contributed by atoms with E-state index in [4.69, 9.17) is 4.74 Å². The molecule has 28 heavy (non-hydrogen) atoms. The van der Waals surface area contributed by atoms with E-state index in [1.165, 1.54) is 18.2 Å². The molecule has 0 aliphatic heterocycles. The van der Waals surface area contributed by atoms with Gasteiger partial charge in [-0.1, -0.05) is 40.2 Å². The molecule has 0 aliphatic rings. The van der Waals surface area contributed by atoms with Crippen LogP contribution >= 0.6 is 15.9 Å². The minimum Gasteiger partial charge on any atom is -0.457 e. The lowest BCUT2D eigenvalue weighted by Crippen LogP contribution is -2.19. The quantitative estimate of drug-likeness (QED) is 0.281. The lowest BCUT2D eigenvalue weighted by molar-refractivity contribution is -0.384. The van der Waals surface area contributed by atoms with Gasteiger partial charge in [0.2, 0.25) is 0 Å². The first kappa shape index (κ1) is 19.4. The average molecular weight is 442 g/mol. The third-order valence-electron chi connectivity index (χ3n) is 3.77. The number of nitro groups is 1. The molecule has 8 heteroatoms. The normalized spacial score (nSPS) is 10.2. The number of anilines is 2. The third-order valence-corrected chi connectivity index (χ3v) is 4.38. The molecule has 3 rings (SSSR count). The van der Waals surface area contributed by atoms with E-state index in [2.05, 4.69) is 26.6 Å². The number of urea groups is 1. The van der Waals surface area contributed by atoms with E-state index in [0.717, 1.165) is 11.3 Å². The van der Waals surface area contributed by atoms with Crippen LogP contribution in [0.4, 0.5) is 21.9 Å². The first-order valence-corrected chi connectivity index (χ1v) is 9.41. The van der Waals surface area contributed by atoms with Crippen molar-refractivity contribution in [3.63, 3.8) is 0 Å². The fraction of sp³-hybridized carbons (Fsp3) is 0.0500. The largest absolute Gasteiger partial charge is 0.457 e. The van der Waals surface area contributed by atoms with E-state index in [9.17, 15) is 14.9 Å². The summed E-state index contributed by atoms with van der Waals surface area (Å²) in [5, 5.41) is 16.7. The second kappa shape index (κ2) is 9.01. The van der Waals surface area contributed by atoms with E-state index in [1.807, 2.05) is 24.3 Å². The van der Waals surface area contributed by atoms with Crippen LogP contribution in [0.3, 0.4) is 0 Å². The number of nitro benzene ring substituents is 1. The van der Waals surface area contributed by atoms with Crippen LogP contribution in [0.25, 0.3) is 0 Å². The number of carbonyl (C=O) groups is 1. The Morgan fingerprint density at radius 1 is 0.964 bits per heavy atom. The maximum atomic E-state index is 12.1. The molecule has 0 saturated carbocycles. The number of hydrogen-bond donors (Lipinski definition) is 2. The number of halogens is 1. The lowest BCUT2D eigenvalue weighted by Gasteiger charge is -2.11. The second-order valence-electron chi connectivity index (χ2n) is 5.75. The van der Waals surface area contributed by atoms with Crippen LogP contribution in [0.15, 0.2) is 72.8 Å². The van der Waals surface area contributed by atoms with Gasteiger partial charge in [-0.05, 0) is 36.4 Å². The summed E-state index contributed by atoms with van der Waals surface area (Å²) in [5.74, 6) is 1.39. The van der Waals surface area contributed by atoms with Gasteiger partial charge in [0.25, 0.3) is 5.69 Å². The van der Waals surface area contributed by atoms with Crippen molar-refractivity contribution < 1.29 is 14.5 Å². The Kier molecular flexibility index (Phi) is 6.23. The zero-order valence-corrected chi connectivity index (χ0v) is 16.2. The molecule has 0 unspecified atom stereocenters. The first-order valence-electron chi connectivity index (χ1n) is 8.29. The van der Waals surface area contributed by atoms with Crippen molar-refractivity contribution in [3.05, 3.63) is 88.5 Å². The molecule has 0 spiro atoms. The third kappa shape index (κ3) is 5.08. The number of alkyl halides is 1. The SMILES string of the molecule is O=C(Nc1ccc(Oc2ccccc2CBr)cc1)Nc1cccc([N+](=O)[O-])c1. The Morgan fingerprint density at radius 3 is 2.39 bits per heavy atom. The standard InChI is InChI=1S/C20H16BrN3O4/c21-13-14-4-1-2-7-19(14)28-18-10-8-15(9-11-18)22-20(25)23-16-5-3-6-17(12-16)24(26)27/h1-12H,13H2,(H2,22,23,25). The van der Waals surface area contributed by atoms with Crippen LogP contribution < -0.4 is 15.4 Å². The zero-order chi connectivity index (χ0) is 19.9. The summed E-state index contributed by atoms with van der Waals surface area (Å²) >= 11 is 3.43. The lowest BCUT2D eigenvalue weighted by atomic mass is 10.2. The topological polar surface area (TPSA) is 93.5 Å². The van der Waals surface area contributed by atoms with E-state index in [0.29, 0.717) is 22.5 Å². The van der Waals surface area contributed by atoms with Crippen molar-refractivity contribution in [3.8, 4) is 11.5 Å². The molecule has 3 aromatic rings. The Balaban J connectivity index is 1.61. The van der Waals surface area contributed by atoms with E-state index < -0.39 is 11.0 Å². The van der Waals surface area contributed by atoms with Gasteiger partial charge in [0.1, 0.15) is 11.5 Å². The van der Waals surface area contributed by atoms with Gasteiger partial charge in [0.15, 0.2) is 0 Å². The van der Waals surface area contributed by atoms with Gasteiger partial charge in [0, 0.05) is 34.4 Å². The molecule has 0 atom stereocenters. The molecule has 0 aliphatic carbocycles. The number of rotatable bonds is 6. The van der Waals surface area contributed by atoms with Gasteiger partial charge in [-0.25, -0.2) is 4.79 Å². The maximum absolute atomic E-state index is 12.1. The Labute approximate surface area is 169 Å². The molecule has 2 N–H and O–H groups in total. The molecule has 0 bridgehead atoms. The molecule has 0 aromatic heterocycles. The van der Waals surface area contributed by atoms with Crippen molar-refractivity contribution in [1.82, 2.24) is 0 Å². The molecule has 0 saturated heterocycles. The highest BCUT2D eigenvalue weighted by Crippen LogP contribution is 2.27. The van der Waals surface area contributed by atoms with Crippen molar-refractivity contribution in [2.24, 2.45) is 0 Å². The number of non-ortho nitro benzene ring substituents is 1. The van der Waals surface area contributed by atoms with Crippen LogP contribution in [-0.4, -0.2) is 11.0 Å². The number of nitrogens with zero attached hydrogens (tertiary/aromatic N) is 1. The highest BCUT2D eigenvalue weighted by atomic mass is 79.9. The van der Waals surface area contributed by atoms with E-state index in [-0.39, 0.29) is 5.69 Å². The smallest absolute Gasteiger partial charge is 0.323 e. The number of carbonyl (C=O) groups excluding carboxylic acids is 1. The van der Waals surface area contributed by atoms with E-state index in [1.54, 1.807) is 30.3 Å². The fourth-order valence-corrected chi connectivity index (χ4v) is 2.90. The number of amides is 2. The van der Waals surface area contributed by atoms with E-state index >= 15 is 0 Å². The van der Waals surface area contributed by atoms with Crippen LogP contribution in [0, 0.1) is 10.1 Å². The molecule has 3 aromatic carbocycles. The molecule has 7 nitrogen and oxygen atoms in total. The first-order chi connectivity index (χ1) is 13.5. The molecule has 142 valence electrons. The van der Waals surface area contributed by atoms with Crippen LogP contribution in [-0.2, 0) is 5.33 Å². The second-order valence-corrected chi connectivity index (χ2v) is 6.32. The number of ether oxygens (including phenoxy) is 1. The van der Waals surface area contributed by atoms with Gasteiger partial charge >= 0.3 is 6.03 Å². The number of benzene rings is 3. The molecular formula is C20H16BrN3O4. The van der Waals surface area contributed by atoms with Crippen molar-refractivity contribution in [2.45, 2.75) is 5.33 Å². The minimum absolute atomic E-state index is 0.0944. The van der Waals surface area contributed by atoms with Gasteiger partial charge in [-0.2, -0.15) is 0 Å². The molecule has 2 amide bonds. The summed E-state index contributed by atoms with van der Waals surface area (Å²) < 4.78 is 5.87. The van der Waals surface area contributed by atoms with Crippen LogP contribution in [0.2, 0.25) is 0 Å². The van der Waals surface area contributed by atoms with Gasteiger partial charge < -0.3 is 15.4 Å². The number of para-hydroxylation sites is 1. The molecular weight excluding hydrogens is 426 g/mol. The Morgan fingerprint density at radius 2 is 1.68 bits per heavy atom. The van der Waals surface area contributed by atoms with Crippen molar-refractivity contribution in [2.75, 3.05) is 10.6 Å². The zero-order valence-electron chi connectivity index (χ0n) is 14.6. The van der Waals surface area contributed by atoms with Crippen molar-refractivity contribution >= 4 is 39.0 Å².